The molecule has 0 N–H and O–H groups in total. The topological polar surface area (TPSA) is 124 Å². The molecular formula is C16H26O10. The van der Waals surface area contributed by atoms with Gasteiger partial charge in [0.05, 0.1) is 9.35 Å². The average molecular weight is 380 g/mol. The SMILES string of the molecule is [2H]COC[C@@H](OC(C)=O)[C@H](OC(C)=O)[C@H](OC(C)=O)[C@H](COC(C)=O)OC[2H]. The fraction of sp³-hybridized carbons (Fsp3) is 0.750. The van der Waals surface area contributed by atoms with E-state index < -0.39 is 69.1 Å². The monoisotopic (exact) mass is 380 g/mol. The van der Waals surface area contributed by atoms with Crippen LogP contribution in [0.15, 0.2) is 0 Å². The van der Waals surface area contributed by atoms with E-state index in [0.29, 0.717) is 0 Å². The maximum atomic E-state index is 11.6. The second-order valence-corrected chi connectivity index (χ2v) is 5.17. The maximum Gasteiger partial charge on any atom is 0.303 e. The fourth-order valence-electron chi connectivity index (χ4n) is 2.05. The van der Waals surface area contributed by atoms with Gasteiger partial charge < -0.3 is 28.4 Å². The minimum absolute atomic E-state index is 0.347. The van der Waals surface area contributed by atoms with Gasteiger partial charge in [-0.05, 0) is 0 Å². The smallest absolute Gasteiger partial charge is 0.303 e. The van der Waals surface area contributed by atoms with Crippen molar-refractivity contribution in [3.05, 3.63) is 0 Å². The Hall–Kier alpha value is -2.20. The Kier molecular flexibility index (Phi) is 9.44. The van der Waals surface area contributed by atoms with Crippen molar-refractivity contribution < 1.29 is 50.3 Å². The molecule has 26 heavy (non-hydrogen) atoms. The van der Waals surface area contributed by atoms with Crippen molar-refractivity contribution in [3.8, 4) is 0 Å². The van der Waals surface area contributed by atoms with Crippen LogP contribution in [0.3, 0.4) is 0 Å². The molecule has 0 saturated heterocycles. The molecule has 0 aliphatic carbocycles. The van der Waals surface area contributed by atoms with Crippen molar-refractivity contribution >= 4 is 23.9 Å². The average Bonchev–Trinajstić information content (AvgIpc) is 2.57. The summed E-state index contributed by atoms with van der Waals surface area (Å²) >= 11 is 0. The summed E-state index contributed by atoms with van der Waals surface area (Å²) in [5.41, 5.74) is 0. The number of carbonyl (C=O) groups is 4. The molecule has 0 heterocycles. The Bertz CT molecular complexity index is 528. The third-order valence-corrected chi connectivity index (χ3v) is 2.93. The van der Waals surface area contributed by atoms with Crippen molar-refractivity contribution in [1.29, 1.82) is 0 Å². The number of rotatable bonds is 11. The largest absolute Gasteiger partial charge is 0.463 e. The standard InChI is InChI=1S/C16H26O10/c1-9(17)23-8-13(22-6)15(25-11(3)19)16(26-12(4)20)14(7-21-5)24-10(2)18/h13-16H,7-8H2,1-6H3/t13-,14+,15+,16-/m0/s1/i5D,6D. The first-order valence-corrected chi connectivity index (χ1v) is 7.55. The molecule has 0 radical (unpaired) electrons. The summed E-state index contributed by atoms with van der Waals surface area (Å²) in [6.45, 7) is 3.65. The van der Waals surface area contributed by atoms with Crippen molar-refractivity contribution in [2.24, 2.45) is 0 Å². The summed E-state index contributed by atoms with van der Waals surface area (Å²) < 4.78 is 44.8. The summed E-state index contributed by atoms with van der Waals surface area (Å²) in [6, 6.07) is 0. The molecular weight excluding hydrogens is 352 g/mol. The molecule has 0 fully saturated rings. The van der Waals surface area contributed by atoms with Crippen LogP contribution < -0.4 is 0 Å². The molecule has 0 amide bonds. The summed E-state index contributed by atoms with van der Waals surface area (Å²) in [4.78, 5) is 45.8. The van der Waals surface area contributed by atoms with Crippen LogP contribution in [-0.4, -0.2) is 75.7 Å². The molecule has 0 saturated carbocycles. The highest BCUT2D eigenvalue weighted by Gasteiger charge is 2.42. The van der Waals surface area contributed by atoms with E-state index in [1.807, 2.05) is 0 Å². The van der Waals surface area contributed by atoms with Gasteiger partial charge in [0.25, 0.3) is 0 Å². The van der Waals surface area contributed by atoms with E-state index in [1.54, 1.807) is 0 Å². The first-order valence-electron chi connectivity index (χ1n) is 8.96. The predicted molar refractivity (Wildman–Crippen MR) is 86.0 cm³/mol. The Morgan fingerprint density at radius 1 is 0.731 bits per heavy atom. The van der Waals surface area contributed by atoms with Gasteiger partial charge in [0.15, 0.2) is 18.3 Å². The van der Waals surface area contributed by atoms with Crippen LogP contribution in [0, 0.1) is 0 Å². The van der Waals surface area contributed by atoms with Crippen molar-refractivity contribution in [2.45, 2.75) is 52.1 Å². The van der Waals surface area contributed by atoms with Gasteiger partial charge in [-0.2, -0.15) is 0 Å². The third kappa shape index (κ3) is 9.33. The van der Waals surface area contributed by atoms with Gasteiger partial charge in [-0.25, -0.2) is 0 Å². The van der Waals surface area contributed by atoms with Crippen LogP contribution in [0.25, 0.3) is 0 Å². The predicted octanol–water partition coefficient (Wildman–Crippen LogP) is 0.00600. The number of ether oxygens (including phenoxy) is 6. The molecule has 150 valence electrons. The summed E-state index contributed by atoms with van der Waals surface area (Å²) in [6.07, 6.45) is -5.28. The highest BCUT2D eigenvalue weighted by Crippen LogP contribution is 2.19. The van der Waals surface area contributed by atoms with Gasteiger partial charge in [-0.1, -0.05) is 0 Å². The Balaban J connectivity index is 5.94. The maximum absolute atomic E-state index is 11.6. The third-order valence-electron chi connectivity index (χ3n) is 2.93. The Morgan fingerprint density at radius 3 is 1.69 bits per heavy atom. The molecule has 0 aromatic carbocycles. The molecule has 10 nitrogen and oxygen atoms in total. The van der Waals surface area contributed by atoms with Crippen molar-refractivity contribution in [2.75, 3.05) is 27.4 Å². The highest BCUT2D eigenvalue weighted by atomic mass is 16.6. The van der Waals surface area contributed by atoms with Crippen LogP contribution in [-0.2, 0) is 47.6 Å². The van der Waals surface area contributed by atoms with Gasteiger partial charge in [-0.15, -0.1) is 0 Å². The zero-order valence-electron chi connectivity index (χ0n) is 17.2. The van der Waals surface area contributed by atoms with Crippen LogP contribution in [0.1, 0.15) is 30.4 Å². The Morgan fingerprint density at radius 2 is 1.27 bits per heavy atom. The van der Waals surface area contributed by atoms with E-state index in [9.17, 15) is 19.2 Å². The van der Waals surface area contributed by atoms with Gasteiger partial charge in [-0.3, -0.25) is 19.2 Å². The lowest BCUT2D eigenvalue weighted by molar-refractivity contribution is -0.202. The van der Waals surface area contributed by atoms with Gasteiger partial charge in [0.1, 0.15) is 12.7 Å². The lowest BCUT2D eigenvalue weighted by Crippen LogP contribution is -2.53. The Labute approximate surface area is 154 Å². The van der Waals surface area contributed by atoms with Gasteiger partial charge in [0.2, 0.25) is 0 Å². The molecule has 0 bridgehead atoms. The zero-order chi connectivity index (χ0) is 21.7. The van der Waals surface area contributed by atoms with E-state index in [4.69, 9.17) is 31.2 Å². The van der Waals surface area contributed by atoms with E-state index in [-0.39, 0.29) is 6.61 Å². The molecule has 0 spiro atoms. The van der Waals surface area contributed by atoms with Gasteiger partial charge in [0, 0.05) is 41.9 Å². The number of hydrogen-bond acceptors (Lipinski definition) is 10. The minimum Gasteiger partial charge on any atom is -0.463 e. The molecule has 0 unspecified atom stereocenters. The second kappa shape index (κ2) is 12.2. The summed E-state index contributed by atoms with van der Waals surface area (Å²) in [5, 5.41) is 0. The number of esters is 4. The number of methoxy groups -OCH3 is 2. The van der Waals surface area contributed by atoms with E-state index in [0.717, 1.165) is 27.7 Å². The first-order chi connectivity index (χ1) is 13.1. The molecule has 4 atom stereocenters. The molecule has 0 aromatic rings. The molecule has 10 heteroatoms. The summed E-state index contributed by atoms with van der Waals surface area (Å²) in [7, 11) is -1.05. The number of hydrogen-bond donors (Lipinski definition) is 0. The van der Waals surface area contributed by atoms with Crippen LogP contribution in [0.5, 0.6) is 0 Å². The van der Waals surface area contributed by atoms with E-state index in [2.05, 4.69) is 0 Å². The lowest BCUT2D eigenvalue weighted by atomic mass is 10.0. The second-order valence-electron chi connectivity index (χ2n) is 5.17. The lowest BCUT2D eigenvalue weighted by Gasteiger charge is -2.35. The molecule has 0 aromatic heterocycles. The highest BCUT2D eigenvalue weighted by molar-refractivity contribution is 5.68. The van der Waals surface area contributed by atoms with E-state index >= 15 is 0 Å². The molecule has 0 aliphatic rings. The molecule has 0 aliphatic heterocycles. The van der Waals surface area contributed by atoms with Crippen LogP contribution in [0.4, 0.5) is 0 Å². The molecule has 0 rings (SSSR count). The normalized spacial score (nSPS) is 16.2. The van der Waals surface area contributed by atoms with Crippen LogP contribution in [0.2, 0.25) is 0 Å². The van der Waals surface area contributed by atoms with Crippen molar-refractivity contribution in [1.82, 2.24) is 0 Å². The summed E-state index contributed by atoms with van der Waals surface area (Å²) in [5.74, 6) is -2.97. The first kappa shape index (κ1) is 20.1. The number of carbonyl (C=O) groups excluding carboxylic acids is 4. The van der Waals surface area contributed by atoms with E-state index in [1.165, 1.54) is 0 Å². The fourth-order valence-corrected chi connectivity index (χ4v) is 2.05. The quantitative estimate of drug-likeness (QED) is 0.357. The van der Waals surface area contributed by atoms with Crippen LogP contribution >= 0.6 is 0 Å². The van der Waals surface area contributed by atoms with Gasteiger partial charge >= 0.3 is 23.9 Å². The zero-order valence-corrected chi connectivity index (χ0v) is 15.2. The van der Waals surface area contributed by atoms with Crippen molar-refractivity contribution in [3.63, 3.8) is 0 Å². The minimum atomic E-state index is -1.41.